The third kappa shape index (κ3) is 3.43. The Bertz CT molecular complexity index is 1070. The number of rotatable bonds is 4. The second-order valence-electron chi connectivity index (χ2n) is 8.32. The van der Waals surface area contributed by atoms with Gasteiger partial charge < -0.3 is 9.64 Å². The quantitative estimate of drug-likeness (QED) is 0.666. The lowest BCUT2D eigenvalue weighted by Gasteiger charge is -2.33. The summed E-state index contributed by atoms with van der Waals surface area (Å²) in [5, 5.41) is 0. The molecule has 4 heterocycles. The fourth-order valence-electron chi connectivity index (χ4n) is 4.60. The molecule has 30 heavy (non-hydrogen) atoms. The van der Waals surface area contributed by atoms with Gasteiger partial charge in [-0.25, -0.2) is 4.98 Å². The third-order valence-corrected chi connectivity index (χ3v) is 6.01. The van der Waals surface area contributed by atoms with Crippen molar-refractivity contribution < 1.29 is 9.53 Å². The van der Waals surface area contributed by atoms with E-state index in [0.29, 0.717) is 17.5 Å². The van der Waals surface area contributed by atoms with Crippen LogP contribution in [0.15, 0.2) is 55.0 Å². The molecule has 2 bridgehead atoms. The molecule has 0 radical (unpaired) electrons. The van der Waals surface area contributed by atoms with E-state index in [-0.39, 0.29) is 18.1 Å². The maximum atomic E-state index is 13.5. The summed E-state index contributed by atoms with van der Waals surface area (Å²) in [4.78, 5) is 28.8. The van der Waals surface area contributed by atoms with Gasteiger partial charge >= 0.3 is 0 Å². The molecule has 2 aliphatic rings. The molecule has 3 aromatic rings. The van der Waals surface area contributed by atoms with Crippen molar-refractivity contribution >= 4 is 5.91 Å². The van der Waals surface area contributed by atoms with Crippen molar-refractivity contribution in [3.05, 3.63) is 71.8 Å². The van der Waals surface area contributed by atoms with Gasteiger partial charge in [0, 0.05) is 36.8 Å². The van der Waals surface area contributed by atoms with Crippen LogP contribution in [0.5, 0.6) is 5.88 Å². The number of fused-ring (bicyclic) bond motifs is 2. The van der Waals surface area contributed by atoms with Crippen LogP contribution in [0.1, 0.15) is 34.5 Å². The predicted octanol–water partition coefficient (Wildman–Crippen LogP) is 3.84. The molecule has 6 heteroatoms. The highest BCUT2D eigenvalue weighted by Gasteiger charge is 2.49. The highest BCUT2D eigenvalue weighted by Crippen LogP contribution is 2.40. The normalized spacial score (nSPS) is 22.3. The molecular weight excluding hydrogens is 376 g/mol. The van der Waals surface area contributed by atoms with E-state index in [1.807, 2.05) is 55.1 Å². The predicted molar refractivity (Wildman–Crippen MR) is 113 cm³/mol. The first kappa shape index (κ1) is 18.7. The minimum atomic E-state index is -0.0479. The number of aryl methyl sites for hydroxylation is 2. The summed E-state index contributed by atoms with van der Waals surface area (Å²) in [6, 6.07) is 11.6. The summed E-state index contributed by atoms with van der Waals surface area (Å²) in [5.41, 5.74) is 4.10. The Morgan fingerprint density at radius 3 is 2.63 bits per heavy atom. The number of piperidine rings is 1. The summed E-state index contributed by atoms with van der Waals surface area (Å²) in [5.74, 6) is 1.03. The minimum Gasteiger partial charge on any atom is -0.472 e. The van der Waals surface area contributed by atoms with Crippen molar-refractivity contribution in [3.8, 4) is 17.1 Å². The van der Waals surface area contributed by atoms with Crippen molar-refractivity contribution in [2.24, 2.45) is 5.92 Å². The Kier molecular flexibility index (Phi) is 4.69. The highest BCUT2D eigenvalue weighted by molar-refractivity contribution is 5.99. The fraction of sp³-hybridized carbons (Fsp3) is 0.333. The molecule has 152 valence electrons. The van der Waals surface area contributed by atoms with Gasteiger partial charge in [0.05, 0.1) is 11.7 Å². The molecule has 1 aliphatic carbocycles. The number of likely N-dealkylation sites (tertiary alicyclic amines) is 1. The largest absolute Gasteiger partial charge is 0.472 e. The zero-order valence-electron chi connectivity index (χ0n) is 17.2. The van der Waals surface area contributed by atoms with Crippen LogP contribution < -0.4 is 4.74 Å². The maximum Gasteiger partial charge on any atom is 0.273 e. The van der Waals surface area contributed by atoms with E-state index in [4.69, 9.17) is 4.74 Å². The molecule has 1 saturated carbocycles. The molecule has 1 amide bonds. The molecule has 1 saturated heterocycles. The van der Waals surface area contributed by atoms with Gasteiger partial charge in [-0.3, -0.25) is 14.8 Å². The fourth-order valence-corrected chi connectivity index (χ4v) is 4.60. The summed E-state index contributed by atoms with van der Waals surface area (Å²) in [7, 11) is 0. The maximum absolute atomic E-state index is 13.5. The van der Waals surface area contributed by atoms with E-state index in [1.54, 1.807) is 18.6 Å². The lowest BCUT2D eigenvalue weighted by molar-refractivity contribution is 0.0462. The Labute approximate surface area is 176 Å². The van der Waals surface area contributed by atoms with E-state index in [0.717, 1.165) is 41.8 Å². The second kappa shape index (κ2) is 7.52. The third-order valence-electron chi connectivity index (χ3n) is 6.01. The molecule has 6 nitrogen and oxygen atoms in total. The van der Waals surface area contributed by atoms with Gasteiger partial charge in [0.1, 0.15) is 11.8 Å². The Balaban J connectivity index is 1.41. The zero-order chi connectivity index (χ0) is 20.7. The molecule has 2 fully saturated rings. The highest BCUT2D eigenvalue weighted by atomic mass is 16.5. The summed E-state index contributed by atoms with van der Waals surface area (Å²) in [6.07, 6.45) is 7.18. The molecule has 0 N–H and O–H groups in total. The first-order valence-electron chi connectivity index (χ1n) is 10.4. The van der Waals surface area contributed by atoms with Crippen molar-refractivity contribution in [1.82, 2.24) is 19.9 Å². The van der Waals surface area contributed by atoms with E-state index >= 15 is 0 Å². The molecule has 3 aromatic heterocycles. The van der Waals surface area contributed by atoms with Gasteiger partial charge in [-0.15, -0.1) is 0 Å². The van der Waals surface area contributed by atoms with Crippen molar-refractivity contribution in [3.63, 3.8) is 0 Å². The van der Waals surface area contributed by atoms with E-state index in [9.17, 15) is 4.79 Å². The van der Waals surface area contributed by atoms with E-state index < -0.39 is 0 Å². The Morgan fingerprint density at radius 2 is 1.90 bits per heavy atom. The van der Waals surface area contributed by atoms with Crippen LogP contribution in [0.2, 0.25) is 0 Å². The van der Waals surface area contributed by atoms with Crippen molar-refractivity contribution in [1.29, 1.82) is 0 Å². The van der Waals surface area contributed by atoms with Gasteiger partial charge in [0.25, 0.3) is 5.91 Å². The molecule has 0 spiro atoms. The average Bonchev–Trinajstić information content (AvgIpc) is 3.36. The number of pyridine rings is 3. The van der Waals surface area contributed by atoms with Gasteiger partial charge in [-0.2, -0.15) is 0 Å². The first-order chi connectivity index (χ1) is 14.6. The van der Waals surface area contributed by atoms with Crippen LogP contribution >= 0.6 is 0 Å². The van der Waals surface area contributed by atoms with Gasteiger partial charge in [0.2, 0.25) is 5.88 Å². The zero-order valence-corrected chi connectivity index (χ0v) is 17.2. The van der Waals surface area contributed by atoms with E-state index in [2.05, 4.69) is 15.0 Å². The Morgan fingerprint density at radius 1 is 1.03 bits per heavy atom. The SMILES string of the molecule is Cc1ccc(OC2CC3CC2N(C(=O)c2ncc(C)cc2-c2ccccn2)C3)nc1. The van der Waals surface area contributed by atoms with Gasteiger partial charge in [-0.05, 0) is 61.9 Å². The molecule has 5 rings (SSSR count). The van der Waals surface area contributed by atoms with Crippen LogP contribution in [-0.2, 0) is 0 Å². The topological polar surface area (TPSA) is 68.2 Å². The minimum absolute atomic E-state index is 0.0355. The number of hydrogen-bond donors (Lipinski definition) is 0. The lowest BCUT2D eigenvalue weighted by atomic mass is 10.0. The van der Waals surface area contributed by atoms with Crippen LogP contribution in [0.3, 0.4) is 0 Å². The molecule has 0 aromatic carbocycles. The lowest BCUT2D eigenvalue weighted by Crippen LogP contribution is -2.47. The first-order valence-corrected chi connectivity index (χ1v) is 10.4. The number of hydrogen-bond acceptors (Lipinski definition) is 5. The summed E-state index contributed by atoms with van der Waals surface area (Å²) < 4.78 is 6.18. The van der Waals surface area contributed by atoms with Crippen LogP contribution in [0.4, 0.5) is 0 Å². The molecule has 3 atom stereocenters. The smallest absolute Gasteiger partial charge is 0.273 e. The molecule has 1 aliphatic heterocycles. The van der Waals surface area contributed by atoms with Crippen molar-refractivity contribution in [2.45, 2.75) is 38.8 Å². The summed E-state index contributed by atoms with van der Waals surface area (Å²) in [6.45, 7) is 4.73. The van der Waals surface area contributed by atoms with Crippen LogP contribution in [-0.4, -0.2) is 44.4 Å². The monoisotopic (exact) mass is 400 g/mol. The number of amides is 1. The average molecular weight is 400 g/mol. The Hall–Kier alpha value is -3.28. The molecular formula is C24H24N4O2. The number of nitrogens with zero attached hydrogens (tertiary/aromatic N) is 4. The van der Waals surface area contributed by atoms with Crippen LogP contribution in [0, 0.1) is 19.8 Å². The summed E-state index contributed by atoms with van der Waals surface area (Å²) >= 11 is 0. The second-order valence-corrected chi connectivity index (χ2v) is 8.32. The standard InChI is InChI=1S/C24H24N4O2/c1-15-6-7-22(26-12-15)30-21-11-17-10-20(21)28(14-17)24(29)23-18(9-16(2)13-27-23)19-5-3-4-8-25-19/h3-9,12-13,17,20-21H,10-11,14H2,1-2H3. The number of aromatic nitrogens is 3. The van der Waals surface area contributed by atoms with E-state index in [1.165, 1.54) is 0 Å². The van der Waals surface area contributed by atoms with Gasteiger partial charge in [-0.1, -0.05) is 12.1 Å². The number of carbonyl (C=O) groups is 1. The van der Waals surface area contributed by atoms with Gasteiger partial charge in [0.15, 0.2) is 0 Å². The number of carbonyl (C=O) groups excluding carboxylic acids is 1. The van der Waals surface area contributed by atoms with Crippen molar-refractivity contribution in [2.75, 3.05) is 6.54 Å². The number of ether oxygens (including phenoxy) is 1. The molecule has 3 unspecified atom stereocenters. The van der Waals surface area contributed by atoms with Crippen LogP contribution in [0.25, 0.3) is 11.3 Å².